The van der Waals surface area contributed by atoms with Crippen LogP contribution in [0.4, 0.5) is 4.39 Å². The molecule has 27 heavy (non-hydrogen) atoms. The van der Waals surface area contributed by atoms with Crippen LogP contribution in [0.5, 0.6) is 11.6 Å². The number of aryl methyl sites for hydroxylation is 2. The van der Waals surface area contributed by atoms with E-state index in [1.54, 1.807) is 19.3 Å². The van der Waals surface area contributed by atoms with Crippen molar-refractivity contribution in [2.75, 3.05) is 0 Å². The van der Waals surface area contributed by atoms with E-state index in [9.17, 15) is 4.39 Å². The molecule has 0 aliphatic rings. The van der Waals surface area contributed by atoms with E-state index in [1.807, 2.05) is 43.3 Å². The van der Waals surface area contributed by atoms with Crippen LogP contribution in [-0.4, -0.2) is 19.7 Å². The zero-order valence-electron chi connectivity index (χ0n) is 14.6. The second-order valence-electron chi connectivity index (χ2n) is 6.06. The average molecular weight is 359 g/mol. The van der Waals surface area contributed by atoms with Crippen molar-refractivity contribution in [3.63, 3.8) is 0 Å². The quantitative estimate of drug-likeness (QED) is 0.403. The third-order valence-corrected chi connectivity index (χ3v) is 4.18. The molecule has 7 heteroatoms. The van der Waals surface area contributed by atoms with E-state index >= 15 is 0 Å². The first-order valence-electron chi connectivity index (χ1n) is 8.20. The van der Waals surface area contributed by atoms with Crippen molar-refractivity contribution in [3.8, 4) is 17.7 Å². The second-order valence-corrected chi connectivity index (χ2v) is 6.06. The minimum absolute atomic E-state index is 0.110. The molecule has 0 fully saturated rings. The molecule has 0 aliphatic heterocycles. The second kappa shape index (κ2) is 6.50. The van der Waals surface area contributed by atoms with Crippen molar-refractivity contribution in [2.24, 2.45) is 7.05 Å². The summed E-state index contributed by atoms with van der Waals surface area (Å²) >= 11 is 0. The number of ether oxygens (including phenoxy) is 1. The molecule has 0 bridgehead atoms. The number of allylic oxidation sites excluding steroid dienone is 1. The summed E-state index contributed by atoms with van der Waals surface area (Å²) in [7, 11) is 1.72. The van der Waals surface area contributed by atoms with E-state index < -0.39 is 6.08 Å². The molecule has 0 atom stereocenters. The first kappa shape index (κ1) is 16.7. The molecular formula is C20H14FN5O. The maximum atomic E-state index is 13.8. The van der Waals surface area contributed by atoms with Gasteiger partial charge in [-0.1, -0.05) is 24.3 Å². The first-order chi connectivity index (χ1) is 13.1. The van der Waals surface area contributed by atoms with E-state index in [4.69, 9.17) is 10.00 Å². The summed E-state index contributed by atoms with van der Waals surface area (Å²) in [5, 5.41) is 15.2. The van der Waals surface area contributed by atoms with Gasteiger partial charge in [0.25, 0.3) is 0 Å². The van der Waals surface area contributed by atoms with Crippen LogP contribution >= 0.6 is 0 Å². The summed E-state index contributed by atoms with van der Waals surface area (Å²) in [6.45, 7) is 1.89. The van der Waals surface area contributed by atoms with Gasteiger partial charge in [0, 0.05) is 24.7 Å². The zero-order chi connectivity index (χ0) is 19.0. The molecule has 0 saturated carbocycles. The van der Waals surface area contributed by atoms with Gasteiger partial charge >= 0.3 is 6.08 Å². The third kappa shape index (κ3) is 2.98. The summed E-state index contributed by atoms with van der Waals surface area (Å²) in [6.07, 6.45) is 3.97. The van der Waals surface area contributed by atoms with Gasteiger partial charge in [-0.2, -0.15) is 24.7 Å². The van der Waals surface area contributed by atoms with Crippen LogP contribution in [0.15, 0.2) is 42.6 Å². The lowest BCUT2D eigenvalue weighted by atomic mass is 9.99. The highest BCUT2D eigenvalue weighted by atomic mass is 19.1. The Hall–Kier alpha value is -3.79. The van der Waals surface area contributed by atoms with Gasteiger partial charge in [0.05, 0.1) is 6.07 Å². The molecule has 4 rings (SSSR count). The normalized spacial score (nSPS) is 11.3. The fourth-order valence-corrected chi connectivity index (χ4v) is 3.06. The highest BCUT2D eigenvalue weighted by Gasteiger charge is 2.16. The molecule has 6 nitrogen and oxygen atoms in total. The fourth-order valence-electron chi connectivity index (χ4n) is 3.06. The SMILES string of the molecule is Cc1cc(/C=C/C#N)c2ccccc2c1Oc1nc(F)nc2nn(C)cc12. The monoisotopic (exact) mass is 359 g/mol. The van der Waals surface area contributed by atoms with E-state index in [2.05, 4.69) is 15.1 Å². The first-order valence-corrected chi connectivity index (χ1v) is 8.20. The molecule has 4 aromatic rings. The smallest absolute Gasteiger partial charge is 0.314 e. The van der Waals surface area contributed by atoms with Crippen LogP contribution in [-0.2, 0) is 7.05 Å². The van der Waals surface area contributed by atoms with E-state index in [0.717, 1.165) is 21.9 Å². The predicted molar refractivity (Wildman–Crippen MR) is 99.7 cm³/mol. The Kier molecular flexibility index (Phi) is 4.01. The van der Waals surface area contributed by atoms with Crippen molar-refractivity contribution >= 4 is 27.9 Å². The molecule has 132 valence electrons. The fraction of sp³-hybridized carbons (Fsp3) is 0.100. The average Bonchev–Trinajstić information content (AvgIpc) is 3.02. The number of hydrogen-bond donors (Lipinski definition) is 0. The number of halogens is 1. The Morgan fingerprint density at radius 3 is 2.74 bits per heavy atom. The van der Waals surface area contributed by atoms with Gasteiger partial charge in [-0.3, -0.25) is 4.68 Å². The van der Waals surface area contributed by atoms with E-state index in [1.165, 1.54) is 10.8 Å². The standard InChI is InChI=1S/C20H14FN5O/c1-12-10-13(6-5-9-22)14-7-3-4-8-15(14)17(12)27-19-16-11-26(2)25-18(16)23-20(21)24-19/h3-8,10-11H,1-2H3/b6-5+. The van der Waals surface area contributed by atoms with Gasteiger partial charge in [-0.05, 0) is 35.6 Å². The number of rotatable bonds is 3. The summed E-state index contributed by atoms with van der Waals surface area (Å²) in [5.74, 6) is 0.683. The van der Waals surface area contributed by atoms with Crippen LogP contribution in [0.2, 0.25) is 0 Å². The largest absolute Gasteiger partial charge is 0.437 e. The number of fused-ring (bicyclic) bond motifs is 2. The number of aromatic nitrogens is 4. The van der Waals surface area contributed by atoms with Gasteiger partial charge in [-0.25, -0.2) is 0 Å². The van der Waals surface area contributed by atoms with Crippen molar-refractivity contribution in [1.29, 1.82) is 5.26 Å². The highest BCUT2D eigenvalue weighted by molar-refractivity contribution is 5.96. The number of nitrogens with zero attached hydrogens (tertiary/aromatic N) is 5. The maximum Gasteiger partial charge on any atom is 0.314 e. The molecular weight excluding hydrogens is 345 g/mol. The van der Waals surface area contributed by atoms with Gasteiger partial charge in [-0.15, -0.1) is 0 Å². The van der Waals surface area contributed by atoms with Crippen LogP contribution in [0.25, 0.3) is 27.9 Å². The van der Waals surface area contributed by atoms with E-state index in [0.29, 0.717) is 11.1 Å². The molecule has 0 N–H and O–H groups in total. The minimum Gasteiger partial charge on any atom is -0.437 e. The van der Waals surface area contributed by atoms with Crippen molar-refractivity contribution in [1.82, 2.24) is 19.7 Å². The number of hydrogen-bond acceptors (Lipinski definition) is 5. The molecule has 0 amide bonds. The van der Waals surface area contributed by atoms with Crippen molar-refractivity contribution < 1.29 is 9.13 Å². The van der Waals surface area contributed by atoms with Crippen LogP contribution in [0, 0.1) is 24.3 Å². The molecule has 0 unspecified atom stereocenters. The Labute approximate surface area is 154 Å². The van der Waals surface area contributed by atoms with Gasteiger partial charge < -0.3 is 4.74 Å². The Morgan fingerprint density at radius 2 is 1.96 bits per heavy atom. The van der Waals surface area contributed by atoms with Gasteiger partial charge in [0.15, 0.2) is 5.65 Å². The molecule has 0 radical (unpaired) electrons. The summed E-state index contributed by atoms with van der Waals surface area (Å²) < 4.78 is 21.4. The Bertz CT molecular complexity index is 1250. The van der Waals surface area contributed by atoms with Gasteiger partial charge in [0.1, 0.15) is 11.1 Å². The summed E-state index contributed by atoms with van der Waals surface area (Å²) in [4.78, 5) is 7.52. The maximum absolute atomic E-state index is 13.8. The van der Waals surface area contributed by atoms with Crippen LogP contribution < -0.4 is 4.74 Å². The molecule has 0 aliphatic carbocycles. The molecule has 2 aromatic heterocycles. The lowest BCUT2D eigenvalue weighted by Gasteiger charge is -2.14. The summed E-state index contributed by atoms with van der Waals surface area (Å²) in [5.41, 5.74) is 1.97. The van der Waals surface area contributed by atoms with Crippen molar-refractivity contribution in [2.45, 2.75) is 6.92 Å². The zero-order valence-corrected chi connectivity index (χ0v) is 14.6. The molecule has 2 heterocycles. The topological polar surface area (TPSA) is 76.6 Å². The van der Waals surface area contributed by atoms with Crippen LogP contribution in [0.1, 0.15) is 11.1 Å². The Morgan fingerprint density at radius 1 is 1.19 bits per heavy atom. The molecule has 2 aromatic carbocycles. The molecule has 0 saturated heterocycles. The lowest BCUT2D eigenvalue weighted by Crippen LogP contribution is -1.97. The number of benzene rings is 2. The number of nitriles is 1. The molecule has 0 spiro atoms. The third-order valence-electron chi connectivity index (χ3n) is 4.18. The van der Waals surface area contributed by atoms with E-state index in [-0.39, 0.29) is 11.5 Å². The lowest BCUT2D eigenvalue weighted by molar-refractivity contribution is 0.444. The van der Waals surface area contributed by atoms with Crippen LogP contribution in [0.3, 0.4) is 0 Å². The minimum atomic E-state index is -0.897. The van der Waals surface area contributed by atoms with Gasteiger partial charge in [0.2, 0.25) is 5.88 Å². The summed E-state index contributed by atoms with van der Waals surface area (Å²) in [6, 6.07) is 11.6. The predicted octanol–water partition coefficient (Wildman–Crippen LogP) is 4.29. The highest BCUT2D eigenvalue weighted by Crippen LogP contribution is 2.37. The van der Waals surface area contributed by atoms with Crippen molar-refractivity contribution in [3.05, 3.63) is 59.8 Å². The Balaban J connectivity index is 1.92.